The van der Waals surface area contributed by atoms with Gasteiger partial charge in [0.1, 0.15) is 5.76 Å². The smallest absolute Gasteiger partial charge is 0.291 e. The minimum Gasteiger partial charge on any atom is -0.454 e. The van der Waals surface area contributed by atoms with Crippen LogP contribution in [0.4, 0.5) is 5.69 Å². The van der Waals surface area contributed by atoms with Crippen LogP contribution in [0.2, 0.25) is 5.02 Å². The summed E-state index contributed by atoms with van der Waals surface area (Å²) in [6.45, 7) is 4.04. The van der Waals surface area contributed by atoms with E-state index >= 15 is 0 Å². The topological polar surface area (TPSA) is 107 Å². The number of carbonyl (C=O) groups excluding carboxylic acids is 2. The van der Waals surface area contributed by atoms with Crippen LogP contribution < -0.4 is 10.6 Å². The number of carbonyl (C=O) groups is 2. The lowest BCUT2D eigenvalue weighted by molar-refractivity contribution is 0.0958. The molecular formula is C17H19ClN6O3. The van der Waals surface area contributed by atoms with Gasteiger partial charge >= 0.3 is 0 Å². The molecule has 0 saturated carbocycles. The van der Waals surface area contributed by atoms with E-state index in [0.717, 1.165) is 11.4 Å². The van der Waals surface area contributed by atoms with Crippen molar-refractivity contribution in [2.24, 2.45) is 7.05 Å². The van der Waals surface area contributed by atoms with Gasteiger partial charge in [0.05, 0.1) is 28.6 Å². The normalized spacial score (nSPS) is 10.9. The van der Waals surface area contributed by atoms with E-state index in [9.17, 15) is 9.59 Å². The molecular weight excluding hydrogens is 372 g/mol. The van der Waals surface area contributed by atoms with Crippen LogP contribution in [0.25, 0.3) is 0 Å². The summed E-state index contributed by atoms with van der Waals surface area (Å²) in [5.74, 6) is -0.206. The molecule has 0 radical (unpaired) electrons. The van der Waals surface area contributed by atoms with Crippen molar-refractivity contribution in [3.8, 4) is 0 Å². The summed E-state index contributed by atoms with van der Waals surface area (Å²) in [7, 11) is 3.15. The Morgan fingerprint density at radius 1 is 1.22 bits per heavy atom. The first kappa shape index (κ1) is 18.7. The summed E-state index contributed by atoms with van der Waals surface area (Å²) in [5.41, 5.74) is 1.97. The molecule has 9 nitrogen and oxygen atoms in total. The number of furan rings is 1. The lowest BCUT2D eigenvalue weighted by atomic mass is 10.3. The fourth-order valence-electron chi connectivity index (χ4n) is 2.61. The van der Waals surface area contributed by atoms with Gasteiger partial charge in [0, 0.05) is 20.3 Å². The first-order valence-electron chi connectivity index (χ1n) is 8.15. The molecule has 142 valence electrons. The van der Waals surface area contributed by atoms with Crippen LogP contribution in [0.3, 0.4) is 0 Å². The Kier molecular flexibility index (Phi) is 5.04. The van der Waals surface area contributed by atoms with Gasteiger partial charge in [-0.05, 0) is 26.0 Å². The Bertz CT molecular complexity index is 1020. The standard InChI is InChI=1S/C17H19ClN6O3/c1-9-14(18)10(2)24(21-9)7-11-5-6-13(27-11)16(25)20-12-8-23(4)22-15(12)17(26)19-3/h5-6,8H,7H2,1-4H3,(H,19,26)(H,20,25). The Balaban J connectivity index is 1.76. The maximum atomic E-state index is 12.5. The Morgan fingerprint density at radius 2 is 1.96 bits per heavy atom. The molecule has 0 bridgehead atoms. The van der Waals surface area contributed by atoms with Crippen molar-refractivity contribution in [1.82, 2.24) is 24.9 Å². The molecule has 3 rings (SSSR count). The van der Waals surface area contributed by atoms with Gasteiger partial charge in [-0.1, -0.05) is 11.6 Å². The van der Waals surface area contributed by atoms with Crippen LogP contribution in [-0.4, -0.2) is 38.4 Å². The molecule has 0 aliphatic rings. The zero-order valence-electron chi connectivity index (χ0n) is 15.3. The van der Waals surface area contributed by atoms with Gasteiger partial charge in [-0.15, -0.1) is 0 Å². The minimum atomic E-state index is -0.481. The van der Waals surface area contributed by atoms with E-state index in [-0.39, 0.29) is 11.5 Å². The lowest BCUT2D eigenvalue weighted by Crippen LogP contribution is -2.21. The predicted molar refractivity (Wildman–Crippen MR) is 99.1 cm³/mol. The van der Waals surface area contributed by atoms with Gasteiger partial charge < -0.3 is 15.1 Å². The van der Waals surface area contributed by atoms with Gasteiger partial charge in [-0.25, -0.2) is 0 Å². The molecule has 3 aromatic rings. The molecule has 2 amide bonds. The first-order valence-corrected chi connectivity index (χ1v) is 8.53. The van der Waals surface area contributed by atoms with Crippen LogP contribution in [0.15, 0.2) is 22.7 Å². The zero-order valence-corrected chi connectivity index (χ0v) is 16.1. The SMILES string of the molecule is CNC(=O)c1nn(C)cc1NC(=O)c1ccc(Cn2nc(C)c(Cl)c2C)o1. The number of aromatic nitrogens is 4. The summed E-state index contributed by atoms with van der Waals surface area (Å²) >= 11 is 6.15. The first-order chi connectivity index (χ1) is 12.8. The molecule has 27 heavy (non-hydrogen) atoms. The quantitative estimate of drug-likeness (QED) is 0.694. The van der Waals surface area contributed by atoms with Crippen molar-refractivity contribution in [3.63, 3.8) is 0 Å². The van der Waals surface area contributed by atoms with E-state index in [1.54, 1.807) is 30.1 Å². The molecule has 3 aromatic heterocycles. The third-order valence-electron chi connectivity index (χ3n) is 4.00. The van der Waals surface area contributed by atoms with Crippen molar-refractivity contribution in [2.45, 2.75) is 20.4 Å². The Labute approximate surface area is 160 Å². The average Bonchev–Trinajstić information content (AvgIpc) is 3.30. The van der Waals surface area contributed by atoms with Crippen LogP contribution >= 0.6 is 11.6 Å². The number of anilines is 1. The van der Waals surface area contributed by atoms with Crippen LogP contribution in [-0.2, 0) is 13.6 Å². The monoisotopic (exact) mass is 390 g/mol. The maximum Gasteiger partial charge on any atom is 0.291 e. The largest absolute Gasteiger partial charge is 0.454 e. The number of aryl methyl sites for hydroxylation is 2. The number of nitrogens with zero attached hydrogens (tertiary/aromatic N) is 4. The molecule has 0 aromatic carbocycles. The molecule has 0 aliphatic carbocycles. The summed E-state index contributed by atoms with van der Waals surface area (Å²) in [4.78, 5) is 24.3. The number of hydrogen-bond acceptors (Lipinski definition) is 5. The van der Waals surface area contributed by atoms with Gasteiger partial charge in [0.2, 0.25) is 0 Å². The minimum absolute atomic E-state index is 0.115. The fourth-order valence-corrected chi connectivity index (χ4v) is 2.75. The lowest BCUT2D eigenvalue weighted by Gasteiger charge is -2.03. The second-order valence-electron chi connectivity index (χ2n) is 6.01. The summed E-state index contributed by atoms with van der Waals surface area (Å²) in [6.07, 6.45) is 1.55. The van der Waals surface area contributed by atoms with Crippen molar-refractivity contribution < 1.29 is 14.0 Å². The molecule has 3 heterocycles. The van der Waals surface area contributed by atoms with E-state index in [4.69, 9.17) is 16.0 Å². The van der Waals surface area contributed by atoms with Gasteiger partial charge in [0.25, 0.3) is 11.8 Å². The van der Waals surface area contributed by atoms with Gasteiger partial charge in [-0.2, -0.15) is 10.2 Å². The average molecular weight is 391 g/mol. The second-order valence-corrected chi connectivity index (χ2v) is 6.38. The number of amides is 2. The molecule has 0 atom stereocenters. The van der Waals surface area contributed by atoms with E-state index in [2.05, 4.69) is 20.8 Å². The molecule has 10 heteroatoms. The van der Waals surface area contributed by atoms with E-state index < -0.39 is 11.8 Å². The number of halogens is 1. The van der Waals surface area contributed by atoms with Crippen LogP contribution in [0, 0.1) is 13.8 Å². The van der Waals surface area contributed by atoms with Crippen LogP contribution in [0.1, 0.15) is 38.2 Å². The fraction of sp³-hybridized carbons (Fsp3) is 0.294. The zero-order chi connectivity index (χ0) is 19.7. The number of rotatable bonds is 5. The third-order valence-corrected chi connectivity index (χ3v) is 4.55. The molecule has 0 unspecified atom stereocenters. The molecule has 0 fully saturated rings. The summed E-state index contributed by atoms with van der Waals surface area (Å²) in [5, 5.41) is 14.1. The highest BCUT2D eigenvalue weighted by Gasteiger charge is 2.19. The van der Waals surface area contributed by atoms with Crippen molar-refractivity contribution in [2.75, 3.05) is 12.4 Å². The highest BCUT2D eigenvalue weighted by atomic mass is 35.5. The van der Waals surface area contributed by atoms with E-state index in [0.29, 0.717) is 23.0 Å². The van der Waals surface area contributed by atoms with E-state index in [1.165, 1.54) is 11.7 Å². The maximum absolute atomic E-state index is 12.5. The Hall–Kier alpha value is -3.07. The summed E-state index contributed by atoms with van der Waals surface area (Å²) in [6, 6.07) is 3.26. The Morgan fingerprint density at radius 3 is 2.59 bits per heavy atom. The summed E-state index contributed by atoms with van der Waals surface area (Å²) < 4.78 is 8.77. The van der Waals surface area contributed by atoms with Crippen molar-refractivity contribution in [3.05, 3.63) is 52.0 Å². The number of nitrogens with one attached hydrogen (secondary N) is 2. The third kappa shape index (κ3) is 3.72. The molecule has 0 aliphatic heterocycles. The highest BCUT2D eigenvalue weighted by Crippen LogP contribution is 2.21. The molecule has 0 saturated heterocycles. The number of hydrogen-bond donors (Lipinski definition) is 2. The molecule has 2 N–H and O–H groups in total. The van der Waals surface area contributed by atoms with Gasteiger partial charge in [-0.3, -0.25) is 19.0 Å². The van der Waals surface area contributed by atoms with Crippen molar-refractivity contribution >= 4 is 29.1 Å². The second kappa shape index (κ2) is 7.28. The predicted octanol–water partition coefficient (Wildman–Crippen LogP) is 2.14. The van der Waals surface area contributed by atoms with E-state index in [1.807, 2.05) is 13.8 Å². The van der Waals surface area contributed by atoms with Crippen molar-refractivity contribution in [1.29, 1.82) is 0 Å². The van der Waals surface area contributed by atoms with Crippen LogP contribution in [0.5, 0.6) is 0 Å². The highest BCUT2D eigenvalue weighted by molar-refractivity contribution is 6.31. The van der Waals surface area contributed by atoms with Gasteiger partial charge in [0.15, 0.2) is 11.5 Å². The molecule has 0 spiro atoms.